The molecular weight excluding hydrogens is 166 g/mol. The number of hydrogen-bond acceptors (Lipinski definition) is 2. The lowest BCUT2D eigenvalue weighted by atomic mass is 10.3. The van der Waals surface area contributed by atoms with Crippen molar-refractivity contribution < 1.29 is 4.79 Å². The smallest absolute Gasteiger partial charge is 0.317 e. The molecule has 0 aromatic heterocycles. The summed E-state index contributed by atoms with van der Waals surface area (Å²) in [5.41, 5.74) is 0. The Morgan fingerprint density at radius 1 is 1.54 bits per heavy atom. The lowest BCUT2D eigenvalue weighted by Crippen LogP contribution is -2.48. The Morgan fingerprint density at radius 3 is 3.08 bits per heavy atom. The fourth-order valence-corrected chi connectivity index (χ4v) is 1.58. The normalized spacial score (nSPS) is 23.1. The van der Waals surface area contributed by atoms with Gasteiger partial charge in [0.1, 0.15) is 0 Å². The standard InChI is InChI=1S/C9H17N3O/c13-9-11-4-1-6-12(9)7-5-10-8-2-3-8/h8,10H,1-7H2,(H,11,13). The molecule has 1 aliphatic carbocycles. The van der Waals surface area contributed by atoms with Crippen LogP contribution in [0.15, 0.2) is 0 Å². The highest BCUT2D eigenvalue weighted by Gasteiger charge is 2.21. The van der Waals surface area contributed by atoms with Crippen LogP contribution in [0.25, 0.3) is 0 Å². The largest absolute Gasteiger partial charge is 0.338 e. The van der Waals surface area contributed by atoms with Gasteiger partial charge in [-0.1, -0.05) is 0 Å². The monoisotopic (exact) mass is 183 g/mol. The van der Waals surface area contributed by atoms with Crippen molar-refractivity contribution in [3.05, 3.63) is 0 Å². The third-order valence-electron chi connectivity index (χ3n) is 2.56. The highest BCUT2D eigenvalue weighted by molar-refractivity contribution is 5.74. The summed E-state index contributed by atoms with van der Waals surface area (Å²) in [4.78, 5) is 13.2. The van der Waals surface area contributed by atoms with Gasteiger partial charge in [0.25, 0.3) is 0 Å². The number of nitrogens with one attached hydrogen (secondary N) is 2. The van der Waals surface area contributed by atoms with Crippen LogP contribution in [0.2, 0.25) is 0 Å². The minimum Gasteiger partial charge on any atom is -0.338 e. The molecule has 2 rings (SSSR count). The second kappa shape index (κ2) is 3.96. The molecule has 1 aliphatic heterocycles. The molecule has 74 valence electrons. The van der Waals surface area contributed by atoms with E-state index in [-0.39, 0.29) is 6.03 Å². The van der Waals surface area contributed by atoms with Crippen LogP contribution in [0.3, 0.4) is 0 Å². The van der Waals surface area contributed by atoms with Gasteiger partial charge in [0, 0.05) is 32.2 Å². The third kappa shape index (κ3) is 2.59. The highest BCUT2D eigenvalue weighted by Crippen LogP contribution is 2.18. The number of carbonyl (C=O) groups excluding carboxylic acids is 1. The molecule has 4 heteroatoms. The Hall–Kier alpha value is -0.770. The van der Waals surface area contributed by atoms with Gasteiger partial charge in [-0.15, -0.1) is 0 Å². The molecule has 0 unspecified atom stereocenters. The average Bonchev–Trinajstić information content (AvgIpc) is 2.92. The summed E-state index contributed by atoms with van der Waals surface area (Å²) in [6, 6.07) is 0.844. The molecule has 2 N–H and O–H groups in total. The van der Waals surface area contributed by atoms with Crippen LogP contribution in [0, 0.1) is 0 Å². The summed E-state index contributed by atoms with van der Waals surface area (Å²) in [6.07, 6.45) is 3.70. The predicted molar refractivity (Wildman–Crippen MR) is 50.6 cm³/mol. The summed E-state index contributed by atoms with van der Waals surface area (Å²) >= 11 is 0. The van der Waals surface area contributed by atoms with Crippen LogP contribution < -0.4 is 10.6 Å². The van der Waals surface area contributed by atoms with Crippen LogP contribution in [0.5, 0.6) is 0 Å². The number of urea groups is 1. The average molecular weight is 183 g/mol. The molecule has 1 saturated carbocycles. The highest BCUT2D eigenvalue weighted by atomic mass is 16.2. The van der Waals surface area contributed by atoms with E-state index in [0.29, 0.717) is 0 Å². The van der Waals surface area contributed by atoms with Crippen molar-refractivity contribution >= 4 is 6.03 Å². The molecule has 1 saturated heterocycles. The van der Waals surface area contributed by atoms with E-state index in [1.165, 1.54) is 12.8 Å². The van der Waals surface area contributed by atoms with Crippen molar-refractivity contribution in [3.63, 3.8) is 0 Å². The second-order valence-electron chi connectivity index (χ2n) is 3.80. The van der Waals surface area contributed by atoms with Crippen molar-refractivity contribution in [2.75, 3.05) is 26.2 Å². The zero-order valence-corrected chi connectivity index (χ0v) is 7.88. The van der Waals surface area contributed by atoms with Gasteiger partial charge in [-0.25, -0.2) is 4.79 Å². The van der Waals surface area contributed by atoms with Gasteiger partial charge in [0.2, 0.25) is 0 Å². The Kier molecular flexibility index (Phi) is 2.68. The van der Waals surface area contributed by atoms with E-state index >= 15 is 0 Å². The van der Waals surface area contributed by atoms with Crippen molar-refractivity contribution in [1.82, 2.24) is 15.5 Å². The summed E-state index contributed by atoms with van der Waals surface area (Å²) in [5.74, 6) is 0. The van der Waals surface area contributed by atoms with Gasteiger partial charge < -0.3 is 15.5 Å². The van der Waals surface area contributed by atoms with Crippen LogP contribution in [-0.2, 0) is 0 Å². The van der Waals surface area contributed by atoms with Crippen LogP contribution >= 0.6 is 0 Å². The van der Waals surface area contributed by atoms with Crippen molar-refractivity contribution in [3.8, 4) is 0 Å². The van der Waals surface area contributed by atoms with Crippen molar-refractivity contribution in [2.45, 2.75) is 25.3 Å². The van der Waals surface area contributed by atoms with Gasteiger partial charge in [-0.2, -0.15) is 0 Å². The van der Waals surface area contributed by atoms with Gasteiger partial charge >= 0.3 is 6.03 Å². The number of nitrogens with zero attached hydrogens (tertiary/aromatic N) is 1. The van der Waals surface area contributed by atoms with Crippen LogP contribution in [0.4, 0.5) is 4.79 Å². The summed E-state index contributed by atoms with van der Waals surface area (Å²) in [6.45, 7) is 3.55. The van der Waals surface area contributed by atoms with Crippen molar-refractivity contribution in [1.29, 1.82) is 0 Å². The Morgan fingerprint density at radius 2 is 2.38 bits per heavy atom. The molecule has 2 amide bonds. The van der Waals surface area contributed by atoms with E-state index in [0.717, 1.165) is 38.6 Å². The predicted octanol–water partition coefficient (Wildman–Crippen LogP) is 0.154. The van der Waals surface area contributed by atoms with Gasteiger partial charge in [0.05, 0.1) is 0 Å². The Labute approximate surface area is 78.7 Å². The SMILES string of the molecule is O=C1NCCCN1CCNC1CC1. The number of amides is 2. The zero-order chi connectivity index (χ0) is 9.10. The van der Waals surface area contributed by atoms with Crippen LogP contribution in [-0.4, -0.2) is 43.2 Å². The fourth-order valence-electron chi connectivity index (χ4n) is 1.58. The van der Waals surface area contributed by atoms with E-state index in [2.05, 4.69) is 10.6 Å². The first-order chi connectivity index (χ1) is 6.36. The Balaban J connectivity index is 1.63. The maximum atomic E-state index is 11.3. The number of carbonyl (C=O) groups is 1. The second-order valence-corrected chi connectivity index (χ2v) is 3.80. The maximum Gasteiger partial charge on any atom is 0.317 e. The molecule has 0 bridgehead atoms. The Bertz CT molecular complexity index is 191. The van der Waals surface area contributed by atoms with E-state index in [1.807, 2.05) is 4.90 Å². The zero-order valence-electron chi connectivity index (χ0n) is 7.88. The molecule has 0 spiro atoms. The molecule has 0 radical (unpaired) electrons. The van der Waals surface area contributed by atoms with E-state index in [9.17, 15) is 4.79 Å². The summed E-state index contributed by atoms with van der Waals surface area (Å²) in [7, 11) is 0. The van der Waals surface area contributed by atoms with E-state index < -0.39 is 0 Å². The lowest BCUT2D eigenvalue weighted by Gasteiger charge is -2.27. The van der Waals surface area contributed by atoms with Gasteiger partial charge in [0.15, 0.2) is 0 Å². The quantitative estimate of drug-likeness (QED) is 0.652. The first kappa shape index (κ1) is 8.81. The summed E-state index contributed by atoms with van der Waals surface area (Å²) in [5, 5.41) is 6.25. The fraction of sp³-hybridized carbons (Fsp3) is 0.889. The maximum absolute atomic E-state index is 11.3. The summed E-state index contributed by atoms with van der Waals surface area (Å²) < 4.78 is 0. The first-order valence-electron chi connectivity index (χ1n) is 5.12. The van der Waals surface area contributed by atoms with Crippen molar-refractivity contribution in [2.24, 2.45) is 0 Å². The molecule has 1 heterocycles. The molecule has 2 fully saturated rings. The first-order valence-corrected chi connectivity index (χ1v) is 5.12. The molecule has 2 aliphatic rings. The minimum absolute atomic E-state index is 0.101. The molecule has 0 atom stereocenters. The lowest BCUT2D eigenvalue weighted by molar-refractivity contribution is 0.186. The molecule has 0 aromatic rings. The minimum atomic E-state index is 0.101. The molecule has 13 heavy (non-hydrogen) atoms. The van der Waals surface area contributed by atoms with E-state index in [4.69, 9.17) is 0 Å². The molecular formula is C9H17N3O. The number of rotatable bonds is 4. The topological polar surface area (TPSA) is 44.4 Å². The van der Waals surface area contributed by atoms with Gasteiger partial charge in [-0.3, -0.25) is 0 Å². The number of hydrogen-bond donors (Lipinski definition) is 2. The van der Waals surface area contributed by atoms with E-state index in [1.54, 1.807) is 0 Å². The molecule has 4 nitrogen and oxygen atoms in total. The van der Waals surface area contributed by atoms with Gasteiger partial charge in [-0.05, 0) is 19.3 Å². The van der Waals surface area contributed by atoms with Crippen LogP contribution in [0.1, 0.15) is 19.3 Å². The molecule has 0 aromatic carbocycles. The third-order valence-corrected chi connectivity index (χ3v) is 2.56.